The number of carboxylic acids is 1. The van der Waals surface area contributed by atoms with E-state index in [1.165, 1.54) is 30.1 Å². The van der Waals surface area contributed by atoms with Crippen molar-refractivity contribution in [2.45, 2.75) is 10.6 Å². The van der Waals surface area contributed by atoms with Gasteiger partial charge in [0.25, 0.3) is 0 Å². The van der Waals surface area contributed by atoms with Gasteiger partial charge in [0.15, 0.2) is 9.84 Å². The normalized spacial score (nSPS) is 11.3. The molecular formula is C13H14N2O5S. The van der Waals surface area contributed by atoms with Gasteiger partial charge in [-0.2, -0.15) is 5.10 Å². The van der Waals surface area contributed by atoms with Crippen LogP contribution in [0.25, 0.3) is 0 Å². The molecule has 8 heteroatoms. The molecule has 0 saturated heterocycles. The van der Waals surface area contributed by atoms with Gasteiger partial charge in [0.1, 0.15) is 11.3 Å². The Morgan fingerprint density at radius 1 is 1.43 bits per heavy atom. The monoisotopic (exact) mass is 310 g/mol. The van der Waals surface area contributed by atoms with Gasteiger partial charge in [-0.05, 0) is 18.2 Å². The predicted octanol–water partition coefficient (Wildman–Crippen LogP) is 1.10. The molecule has 0 aliphatic heterocycles. The molecule has 112 valence electrons. The molecule has 0 aliphatic rings. The first kappa shape index (κ1) is 15.0. The van der Waals surface area contributed by atoms with Crippen molar-refractivity contribution >= 4 is 15.8 Å². The number of rotatable bonds is 5. The number of carboxylic acid groups (broad SMARTS) is 1. The number of hydrogen-bond acceptors (Lipinski definition) is 5. The van der Waals surface area contributed by atoms with Crippen molar-refractivity contribution in [1.82, 2.24) is 9.78 Å². The Kier molecular flexibility index (Phi) is 3.99. The highest BCUT2D eigenvalue weighted by Gasteiger charge is 2.20. The molecule has 0 amide bonds. The van der Waals surface area contributed by atoms with Crippen LogP contribution in [0.2, 0.25) is 0 Å². The van der Waals surface area contributed by atoms with Gasteiger partial charge in [-0.3, -0.25) is 4.68 Å². The Labute approximate surface area is 121 Å². The summed E-state index contributed by atoms with van der Waals surface area (Å²) in [5.74, 6) is -1.38. The molecule has 0 radical (unpaired) electrons. The van der Waals surface area contributed by atoms with Crippen molar-refractivity contribution in [3.63, 3.8) is 0 Å². The van der Waals surface area contributed by atoms with Crippen LogP contribution in [0.3, 0.4) is 0 Å². The number of aromatic nitrogens is 2. The van der Waals surface area contributed by atoms with Crippen LogP contribution in [0.4, 0.5) is 0 Å². The van der Waals surface area contributed by atoms with Crippen molar-refractivity contribution < 1.29 is 23.1 Å². The van der Waals surface area contributed by atoms with E-state index in [9.17, 15) is 13.2 Å². The predicted molar refractivity (Wildman–Crippen MR) is 74.1 cm³/mol. The molecule has 1 heterocycles. The van der Waals surface area contributed by atoms with E-state index in [1.807, 2.05) is 0 Å². The van der Waals surface area contributed by atoms with Crippen LogP contribution in [0.15, 0.2) is 35.5 Å². The van der Waals surface area contributed by atoms with Crippen molar-refractivity contribution in [1.29, 1.82) is 0 Å². The largest absolute Gasteiger partial charge is 0.496 e. The van der Waals surface area contributed by atoms with Crippen LogP contribution in [-0.4, -0.2) is 36.4 Å². The summed E-state index contributed by atoms with van der Waals surface area (Å²) in [6.07, 6.45) is 3.05. The summed E-state index contributed by atoms with van der Waals surface area (Å²) < 4.78 is 31.0. The van der Waals surface area contributed by atoms with E-state index >= 15 is 0 Å². The number of nitrogens with zero attached hydrogens (tertiary/aromatic N) is 2. The molecule has 1 aromatic heterocycles. The summed E-state index contributed by atoms with van der Waals surface area (Å²) in [6, 6.07) is 3.77. The fourth-order valence-corrected chi connectivity index (χ4v) is 3.22. The Morgan fingerprint density at radius 3 is 2.67 bits per heavy atom. The number of ether oxygens (including phenoxy) is 1. The maximum absolute atomic E-state index is 12.3. The number of aromatic carboxylic acids is 1. The van der Waals surface area contributed by atoms with Crippen LogP contribution in [0.1, 0.15) is 15.9 Å². The molecule has 0 saturated carbocycles. The average Bonchev–Trinajstić information content (AvgIpc) is 2.82. The summed E-state index contributed by atoms with van der Waals surface area (Å²) in [4.78, 5) is 11.1. The zero-order chi connectivity index (χ0) is 15.6. The van der Waals surface area contributed by atoms with Gasteiger partial charge >= 0.3 is 5.97 Å². The summed E-state index contributed by atoms with van der Waals surface area (Å²) in [5.41, 5.74) is 0.343. The highest BCUT2D eigenvalue weighted by Crippen LogP contribution is 2.24. The third-order valence-corrected chi connectivity index (χ3v) is 4.56. The van der Waals surface area contributed by atoms with Gasteiger partial charge in [0.2, 0.25) is 0 Å². The summed E-state index contributed by atoms with van der Waals surface area (Å²) >= 11 is 0. The fraction of sp³-hybridized carbons (Fsp3) is 0.231. The van der Waals surface area contributed by atoms with Gasteiger partial charge in [0.05, 0.1) is 24.0 Å². The van der Waals surface area contributed by atoms with E-state index in [0.29, 0.717) is 5.56 Å². The van der Waals surface area contributed by atoms with Crippen LogP contribution in [0, 0.1) is 0 Å². The minimum absolute atomic E-state index is 0.0652. The molecule has 0 spiro atoms. The standard InChI is InChI=1S/C13H14N2O5S/c1-15-7-9(6-14-15)8-21(18,19)10-3-4-12(20-2)11(5-10)13(16)17/h3-7H,8H2,1-2H3,(H,16,17). The minimum Gasteiger partial charge on any atom is -0.496 e. The fourth-order valence-electron chi connectivity index (χ4n) is 1.90. The molecule has 7 nitrogen and oxygen atoms in total. The second kappa shape index (κ2) is 5.57. The Hall–Kier alpha value is -2.35. The maximum Gasteiger partial charge on any atom is 0.339 e. The SMILES string of the molecule is COc1ccc(S(=O)(=O)Cc2cnn(C)c2)cc1C(=O)O. The van der Waals surface area contributed by atoms with E-state index in [2.05, 4.69) is 5.10 Å². The van der Waals surface area contributed by atoms with Gasteiger partial charge < -0.3 is 9.84 Å². The minimum atomic E-state index is -3.65. The first-order chi connectivity index (χ1) is 9.83. The van der Waals surface area contributed by atoms with Gasteiger partial charge in [-0.15, -0.1) is 0 Å². The van der Waals surface area contributed by atoms with E-state index in [1.54, 1.807) is 13.2 Å². The second-order valence-electron chi connectivity index (χ2n) is 4.45. The lowest BCUT2D eigenvalue weighted by Gasteiger charge is -2.08. The van der Waals surface area contributed by atoms with E-state index in [4.69, 9.17) is 9.84 Å². The molecule has 21 heavy (non-hydrogen) atoms. The highest BCUT2D eigenvalue weighted by molar-refractivity contribution is 7.90. The molecule has 0 atom stereocenters. The maximum atomic E-state index is 12.3. The second-order valence-corrected chi connectivity index (χ2v) is 6.44. The third kappa shape index (κ3) is 3.22. The lowest BCUT2D eigenvalue weighted by molar-refractivity contribution is 0.0693. The van der Waals surface area contributed by atoms with E-state index in [-0.39, 0.29) is 22.0 Å². The number of hydrogen-bond donors (Lipinski definition) is 1. The molecule has 1 N–H and O–H groups in total. The highest BCUT2D eigenvalue weighted by atomic mass is 32.2. The van der Waals surface area contributed by atoms with E-state index in [0.717, 1.165) is 6.07 Å². The molecule has 0 bridgehead atoms. The van der Waals surface area contributed by atoms with Crippen LogP contribution >= 0.6 is 0 Å². The Morgan fingerprint density at radius 2 is 2.14 bits per heavy atom. The zero-order valence-electron chi connectivity index (χ0n) is 11.5. The van der Waals surface area contributed by atoms with Crippen LogP contribution < -0.4 is 4.74 Å². The molecule has 0 aliphatic carbocycles. The number of carbonyl (C=O) groups is 1. The molecular weight excluding hydrogens is 296 g/mol. The van der Waals surface area contributed by atoms with Crippen LogP contribution in [-0.2, 0) is 22.6 Å². The molecule has 2 rings (SSSR count). The smallest absolute Gasteiger partial charge is 0.339 e. The number of methoxy groups -OCH3 is 1. The Balaban J connectivity index is 2.40. The van der Waals surface area contributed by atoms with Crippen LogP contribution in [0.5, 0.6) is 5.75 Å². The summed E-state index contributed by atoms with van der Waals surface area (Å²) in [7, 11) is -0.642. The van der Waals surface area contributed by atoms with Gasteiger partial charge in [-0.25, -0.2) is 13.2 Å². The van der Waals surface area contributed by atoms with Crippen molar-refractivity contribution in [3.05, 3.63) is 41.7 Å². The lowest BCUT2D eigenvalue weighted by atomic mass is 10.2. The van der Waals surface area contributed by atoms with Crippen molar-refractivity contribution in [3.8, 4) is 5.75 Å². The molecule has 2 aromatic rings. The lowest BCUT2D eigenvalue weighted by Crippen LogP contribution is -2.08. The topological polar surface area (TPSA) is 98.5 Å². The number of benzene rings is 1. The average molecular weight is 310 g/mol. The summed E-state index contributed by atoms with van der Waals surface area (Å²) in [5, 5.41) is 13.0. The van der Waals surface area contributed by atoms with Crippen molar-refractivity contribution in [2.24, 2.45) is 7.05 Å². The first-order valence-corrected chi connectivity index (χ1v) is 7.60. The first-order valence-electron chi connectivity index (χ1n) is 5.95. The summed E-state index contributed by atoms with van der Waals surface area (Å²) in [6.45, 7) is 0. The molecule has 0 fully saturated rings. The number of sulfone groups is 1. The van der Waals surface area contributed by atoms with E-state index < -0.39 is 15.8 Å². The molecule has 0 unspecified atom stereocenters. The van der Waals surface area contributed by atoms with Gasteiger partial charge in [0, 0.05) is 18.8 Å². The molecule has 1 aromatic carbocycles. The number of aryl methyl sites for hydroxylation is 1. The third-order valence-electron chi connectivity index (χ3n) is 2.88. The Bertz CT molecular complexity index is 780. The van der Waals surface area contributed by atoms with Crippen molar-refractivity contribution in [2.75, 3.05) is 7.11 Å². The van der Waals surface area contributed by atoms with Gasteiger partial charge in [-0.1, -0.05) is 0 Å². The zero-order valence-corrected chi connectivity index (χ0v) is 12.3. The quantitative estimate of drug-likeness (QED) is 0.888.